The lowest BCUT2D eigenvalue weighted by Crippen LogP contribution is -2.88. The molecule has 0 radical (unpaired) electrons. The van der Waals surface area contributed by atoms with E-state index in [0.717, 1.165) is 34.6 Å². The van der Waals surface area contributed by atoms with Gasteiger partial charge in [0.1, 0.15) is 48.1 Å². The van der Waals surface area contributed by atoms with E-state index >= 15 is 0 Å². The van der Waals surface area contributed by atoms with Crippen LogP contribution in [0.25, 0.3) is 0 Å². The summed E-state index contributed by atoms with van der Waals surface area (Å²) in [5.74, 6) is -10.7. The van der Waals surface area contributed by atoms with Gasteiger partial charge in [0.05, 0.1) is 23.1 Å². The Morgan fingerprint density at radius 2 is 1.53 bits per heavy atom. The average Bonchev–Trinajstić information content (AvgIpc) is 3.27. The standard InChI is InChI=1S/C34H41NO16/c1-14-15(2)29(42)50-26-24(41)28(49-19(6)39)33(13-45-16(3)36)27(48-18(5)38)23(40)21-25(47-17(4)37)34(33,32(26,8)44)51-31(21,7)12-46-30(43)20-10-9-11-35-22(14)20/h9-11,14-15,21,24-28,41,44H,12-13H2,1-8H3/t14-,15+,21?,24+,25+,26-,27+,28+,31+,32-,33-,34-/m0/s1. The van der Waals surface area contributed by atoms with Crippen molar-refractivity contribution in [1.82, 2.24) is 4.98 Å². The minimum absolute atomic E-state index is 0.0311. The summed E-state index contributed by atoms with van der Waals surface area (Å²) in [6, 6.07) is 2.89. The predicted molar refractivity (Wildman–Crippen MR) is 165 cm³/mol. The molecule has 4 aliphatic rings. The number of Topliss-reactive ketones (excluding diaryl/α,β-unsaturated/α-hetero) is 1. The highest BCUT2D eigenvalue weighted by molar-refractivity contribution is 5.94. The molecular formula is C34H41NO16. The summed E-state index contributed by atoms with van der Waals surface area (Å²) in [4.78, 5) is 97.7. The van der Waals surface area contributed by atoms with E-state index in [1.165, 1.54) is 32.2 Å². The van der Waals surface area contributed by atoms with Crippen molar-refractivity contribution in [2.24, 2.45) is 17.3 Å². The number of carbonyl (C=O) groups is 7. The van der Waals surface area contributed by atoms with Gasteiger partial charge < -0.3 is 43.4 Å². The maximum atomic E-state index is 14.9. The summed E-state index contributed by atoms with van der Waals surface area (Å²) >= 11 is 0. The molecule has 5 rings (SSSR count). The Morgan fingerprint density at radius 1 is 0.922 bits per heavy atom. The Labute approximate surface area is 292 Å². The van der Waals surface area contributed by atoms with Gasteiger partial charge in [0.2, 0.25) is 0 Å². The molecule has 17 nitrogen and oxygen atoms in total. The number of esters is 6. The summed E-state index contributed by atoms with van der Waals surface area (Å²) in [7, 11) is 0. The van der Waals surface area contributed by atoms with Crippen LogP contribution in [0.3, 0.4) is 0 Å². The summed E-state index contributed by atoms with van der Waals surface area (Å²) in [6.07, 6.45) is -9.12. The third kappa shape index (κ3) is 5.56. The molecule has 17 heteroatoms. The topological polar surface area (TPSA) is 237 Å². The average molecular weight is 720 g/mol. The number of ketones is 1. The molecule has 1 aromatic rings. The minimum atomic E-state index is -2.78. The third-order valence-corrected chi connectivity index (χ3v) is 10.6. The molecule has 1 saturated heterocycles. The number of nitrogens with zero attached hydrogens (tertiary/aromatic N) is 1. The Hall–Kier alpha value is -4.48. The fourth-order valence-electron chi connectivity index (χ4n) is 8.41. The largest absolute Gasteiger partial charge is 0.465 e. The molecule has 3 heterocycles. The van der Waals surface area contributed by atoms with Crippen molar-refractivity contribution in [2.75, 3.05) is 13.2 Å². The molecule has 2 saturated carbocycles. The number of pyridine rings is 1. The molecule has 4 bridgehead atoms. The molecule has 278 valence electrons. The van der Waals surface area contributed by atoms with E-state index in [-0.39, 0.29) is 11.3 Å². The van der Waals surface area contributed by atoms with Crippen LogP contribution >= 0.6 is 0 Å². The molecule has 0 amide bonds. The second-order valence-electron chi connectivity index (χ2n) is 14.0. The van der Waals surface area contributed by atoms with Gasteiger partial charge in [-0.2, -0.15) is 0 Å². The summed E-state index contributed by atoms with van der Waals surface area (Å²) in [6.45, 7) is 7.50. The number of ether oxygens (including phenoxy) is 7. The first-order chi connectivity index (χ1) is 23.7. The van der Waals surface area contributed by atoms with Crippen LogP contribution in [0.1, 0.15) is 77.4 Å². The van der Waals surface area contributed by atoms with Crippen LogP contribution < -0.4 is 0 Å². The molecule has 2 aliphatic carbocycles. The third-order valence-electron chi connectivity index (χ3n) is 10.6. The van der Waals surface area contributed by atoms with Crippen LogP contribution in [0.15, 0.2) is 18.3 Å². The van der Waals surface area contributed by atoms with E-state index in [1.54, 1.807) is 6.92 Å². The lowest BCUT2D eigenvalue weighted by molar-refractivity contribution is -0.376. The first-order valence-electron chi connectivity index (χ1n) is 16.3. The Kier molecular flexibility index (Phi) is 9.58. The highest BCUT2D eigenvalue weighted by Crippen LogP contribution is 2.68. The number of carbonyl (C=O) groups excluding carboxylic acids is 7. The van der Waals surface area contributed by atoms with Crippen molar-refractivity contribution in [3.8, 4) is 0 Å². The van der Waals surface area contributed by atoms with E-state index in [9.17, 15) is 43.8 Å². The van der Waals surface area contributed by atoms with Gasteiger partial charge in [-0.3, -0.25) is 33.8 Å². The van der Waals surface area contributed by atoms with Gasteiger partial charge in [-0.15, -0.1) is 0 Å². The monoisotopic (exact) mass is 719 g/mol. The highest BCUT2D eigenvalue weighted by Gasteiger charge is 2.91. The molecular weight excluding hydrogens is 678 g/mol. The van der Waals surface area contributed by atoms with Crippen LogP contribution in [-0.4, -0.2) is 117 Å². The first kappa shape index (κ1) is 37.8. The van der Waals surface area contributed by atoms with Gasteiger partial charge in [0, 0.05) is 39.8 Å². The normalized spacial score (nSPS) is 40.2. The lowest BCUT2D eigenvalue weighted by Gasteiger charge is -2.66. The number of aliphatic hydroxyl groups excluding tert-OH is 1. The first-order valence-corrected chi connectivity index (χ1v) is 16.3. The highest BCUT2D eigenvalue weighted by atomic mass is 16.7. The van der Waals surface area contributed by atoms with E-state index in [0.29, 0.717) is 0 Å². The van der Waals surface area contributed by atoms with Crippen LogP contribution in [0.4, 0.5) is 0 Å². The molecule has 1 unspecified atom stereocenters. The van der Waals surface area contributed by atoms with Crippen molar-refractivity contribution in [3.05, 3.63) is 29.6 Å². The van der Waals surface area contributed by atoms with Gasteiger partial charge in [0.15, 0.2) is 23.6 Å². The summed E-state index contributed by atoms with van der Waals surface area (Å²) in [5, 5.41) is 25.0. The number of aromatic nitrogens is 1. The van der Waals surface area contributed by atoms with Gasteiger partial charge in [-0.25, -0.2) is 4.79 Å². The summed E-state index contributed by atoms with van der Waals surface area (Å²) in [5.41, 5.74) is -10.0. The fourth-order valence-corrected chi connectivity index (χ4v) is 8.41. The maximum Gasteiger partial charge on any atom is 0.340 e. The quantitative estimate of drug-likeness (QED) is 0.303. The number of aliphatic hydroxyl groups is 2. The van der Waals surface area contributed by atoms with E-state index < -0.39 is 125 Å². The van der Waals surface area contributed by atoms with Crippen molar-refractivity contribution in [1.29, 1.82) is 0 Å². The smallest absolute Gasteiger partial charge is 0.340 e. The van der Waals surface area contributed by atoms with E-state index in [2.05, 4.69) is 4.98 Å². The van der Waals surface area contributed by atoms with Crippen LogP contribution in [0.5, 0.6) is 0 Å². The van der Waals surface area contributed by atoms with E-state index in [4.69, 9.17) is 33.2 Å². The Morgan fingerprint density at radius 3 is 2.12 bits per heavy atom. The maximum absolute atomic E-state index is 14.9. The fraction of sp³-hybridized carbons (Fsp3) is 0.647. The molecule has 2 aliphatic heterocycles. The SMILES string of the molecule is CC(=O)OC[C@@]12[C@H](OC(C)=O)C(=O)C3[C@@H](OC(C)=O)[C@@]14O[C@]3(C)COC(=O)c1cccnc1[C@@H](C)[C@@H](C)C(=O)O[C@@H]([C@@H](O)[C@H]2OC(C)=O)[C@]4(C)O. The zero-order valence-electron chi connectivity index (χ0n) is 29.3. The minimum Gasteiger partial charge on any atom is -0.465 e. The predicted octanol–water partition coefficient (Wildman–Crippen LogP) is 0.100. The molecule has 12 atom stereocenters. The van der Waals surface area contributed by atoms with Gasteiger partial charge in [0.25, 0.3) is 0 Å². The van der Waals surface area contributed by atoms with Crippen molar-refractivity contribution < 1.29 is 76.9 Å². The van der Waals surface area contributed by atoms with Gasteiger partial charge >= 0.3 is 35.8 Å². The molecule has 2 N–H and O–H groups in total. The number of hydrogen-bond acceptors (Lipinski definition) is 17. The lowest BCUT2D eigenvalue weighted by atomic mass is 9.45. The number of cyclic esters (lactones) is 1. The van der Waals surface area contributed by atoms with Crippen molar-refractivity contribution in [2.45, 2.75) is 109 Å². The number of hydrogen-bond donors (Lipinski definition) is 2. The van der Waals surface area contributed by atoms with E-state index in [1.807, 2.05) is 0 Å². The zero-order valence-corrected chi connectivity index (χ0v) is 29.3. The van der Waals surface area contributed by atoms with Crippen LogP contribution in [0, 0.1) is 17.3 Å². The second-order valence-corrected chi connectivity index (χ2v) is 14.0. The van der Waals surface area contributed by atoms with Crippen molar-refractivity contribution >= 4 is 41.6 Å². The van der Waals surface area contributed by atoms with Crippen LogP contribution in [0.2, 0.25) is 0 Å². The molecule has 1 spiro atoms. The zero-order chi connectivity index (χ0) is 38.0. The Balaban J connectivity index is 1.92. The molecule has 51 heavy (non-hydrogen) atoms. The summed E-state index contributed by atoms with van der Waals surface area (Å²) < 4.78 is 40.9. The molecule has 0 aromatic carbocycles. The number of rotatable bonds is 5. The number of fused-ring (bicyclic) bond motifs is 5. The van der Waals surface area contributed by atoms with Crippen molar-refractivity contribution in [3.63, 3.8) is 0 Å². The van der Waals surface area contributed by atoms with Gasteiger partial charge in [-0.05, 0) is 26.0 Å². The van der Waals surface area contributed by atoms with Crippen LogP contribution in [-0.2, 0) is 61.9 Å². The second kappa shape index (κ2) is 12.9. The Bertz CT molecular complexity index is 1670. The molecule has 3 fully saturated rings. The van der Waals surface area contributed by atoms with Gasteiger partial charge in [-0.1, -0.05) is 13.8 Å². The molecule has 1 aromatic heterocycles.